The zero-order chi connectivity index (χ0) is 12.3. The normalized spacial score (nSPS) is 9.94. The van der Waals surface area contributed by atoms with Gasteiger partial charge in [0.15, 0.2) is 0 Å². The number of hydrogen-bond donors (Lipinski definition) is 0. The first-order valence-corrected chi connectivity index (χ1v) is 4.95. The molecule has 1 heterocycles. The second-order valence-electron chi connectivity index (χ2n) is 3.39. The lowest BCUT2D eigenvalue weighted by molar-refractivity contribution is -0.384. The minimum atomic E-state index is -0.421. The maximum atomic E-state index is 10.5. The Labute approximate surface area is 97.8 Å². The molecule has 5 nitrogen and oxygen atoms in total. The summed E-state index contributed by atoms with van der Waals surface area (Å²) < 4.78 is 4.96. The second-order valence-corrected chi connectivity index (χ2v) is 3.39. The van der Waals surface area contributed by atoms with Gasteiger partial charge in [-0.3, -0.25) is 10.1 Å². The van der Waals surface area contributed by atoms with Crippen molar-refractivity contribution >= 4 is 5.69 Å². The fourth-order valence-corrected chi connectivity index (χ4v) is 1.45. The molecule has 0 aliphatic heterocycles. The van der Waals surface area contributed by atoms with Crippen LogP contribution in [0.5, 0.6) is 5.88 Å². The van der Waals surface area contributed by atoms with Gasteiger partial charge < -0.3 is 4.74 Å². The number of hydrogen-bond acceptors (Lipinski definition) is 4. The first-order chi connectivity index (χ1) is 8.20. The first-order valence-electron chi connectivity index (χ1n) is 4.95. The molecule has 1 aromatic heterocycles. The van der Waals surface area contributed by atoms with Crippen molar-refractivity contribution in [1.29, 1.82) is 0 Å². The smallest absolute Gasteiger partial charge is 0.269 e. The standard InChI is InChI=1S/C12H10N2O3/c1-17-12-7-4-10(8-13-12)9-2-5-11(6-3-9)14(15)16/h2-8H,1H3. The van der Waals surface area contributed by atoms with Crippen molar-refractivity contribution in [1.82, 2.24) is 4.98 Å². The van der Waals surface area contributed by atoms with Gasteiger partial charge in [-0.25, -0.2) is 4.98 Å². The van der Waals surface area contributed by atoms with E-state index in [1.807, 2.05) is 6.07 Å². The van der Waals surface area contributed by atoms with E-state index in [-0.39, 0.29) is 5.69 Å². The Morgan fingerprint density at radius 2 is 1.76 bits per heavy atom. The predicted molar refractivity (Wildman–Crippen MR) is 62.9 cm³/mol. The molecule has 0 fully saturated rings. The summed E-state index contributed by atoms with van der Waals surface area (Å²) >= 11 is 0. The molecule has 0 bridgehead atoms. The van der Waals surface area contributed by atoms with Gasteiger partial charge >= 0.3 is 0 Å². The number of ether oxygens (including phenoxy) is 1. The molecule has 0 aliphatic carbocycles. The summed E-state index contributed by atoms with van der Waals surface area (Å²) in [4.78, 5) is 14.2. The summed E-state index contributed by atoms with van der Waals surface area (Å²) in [6.45, 7) is 0. The van der Waals surface area contributed by atoms with Crippen LogP contribution in [0.25, 0.3) is 11.1 Å². The largest absolute Gasteiger partial charge is 0.481 e. The molecule has 0 N–H and O–H groups in total. The van der Waals surface area contributed by atoms with Gasteiger partial charge in [0.25, 0.3) is 5.69 Å². The highest BCUT2D eigenvalue weighted by atomic mass is 16.6. The van der Waals surface area contributed by atoms with Crippen LogP contribution in [0, 0.1) is 10.1 Å². The maximum Gasteiger partial charge on any atom is 0.269 e. The molecule has 2 aromatic rings. The molecule has 0 unspecified atom stereocenters. The van der Waals surface area contributed by atoms with Gasteiger partial charge in [-0.2, -0.15) is 0 Å². The van der Waals surface area contributed by atoms with Gasteiger partial charge in [0.2, 0.25) is 5.88 Å². The molecule has 0 aliphatic rings. The van der Waals surface area contributed by atoms with Gasteiger partial charge in [-0.1, -0.05) is 0 Å². The minimum Gasteiger partial charge on any atom is -0.481 e. The Bertz CT molecular complexity index is 520. The third kappa shape index (κ3) is 2.39. The Balaban J connectivity index is 2.29. The zero-order valence-electron chi connectivity index (χ0n) is 9.16. The zero-order valence-corrected chi connectivity index (χ0v) is 9.16. The molecule has 5 heteroatoms. The summed E-state index contributed by atoms with van der Waals surface area (Å²) in [5.74, 6) is 0.538. The maximum absolute atomic E-state index is 10.5. The summed E-state index contributed by atoms with van der Waals surface area (Å²) in [5.41, 5.74) is 1.85. The van der Waals surface area contributed by atoms with Crippen LogP contribution in [-0.4, -0.2) is 17.0 Å². The highest BCUT2D eigenvalue weighted by Gasteiger charge is 2.05. The number of benzene rings is 1. The van der Waals surface area contributed by atoms with Gasteiger partial charge in [0.1, 0.15) is 0 Å². The lowest BCUT2D eigenvalue weighted by Gasteiger charge is -2.02. The van der Waals surface area contributed by atoms with Crippen LogP contribution in [0.15, 0.2) is 42.6 Å². The van der Waals surface area contributed by atoms with Crippen LogP contribution >= 0.6 is 0 Å². The highest BCUT2D eigenvalue weighted by molar-refractivity contribution is 5.64. The van der Waals surface area contributed by atoms with E-state index in [4.69, 9.17) is 4.74 Å². The number of nitrogens with zero attached hydrogens (tertiary/aromatic N) is 2. The lowest BCUT2D eigenvalue weighted by atomic mass is 10.1. The van der Waals surface area contributed by atoms with Crippen molar-refractivity contribution < 1.29 is 9.66 Å². The Morgan fingerprint density at radius 3 is 2.24 bits per heavy atom. The molecule has 0 atom stereocenters. The molecule has 2 rings (SSSR count). The third-order valence-corrected chi connectivity index (χ3v) is 2.36. The van der Waals surface area contributed by atoms with Crippen molar-refractivity contribution in [3.63, 3.8) is 0 Å². The summed E-state index contributed by atoms with van der Waals surface area (Å²) in [6, 6.07) is 9.94. The Morgan fingerprint density at radius 1 is 1.12 bits per heavy atom. The van der Waals surface area contributed by atoms with E-state index < -0.39 is 4.92 Å². The molecule has 0 spiro atoms. The van der Waals surface area contributed by atoms with Crippen molar-refractivity contribution in [2.24, 2.45) is 0 Å². The second kappa shape index (κ2) is 4.61. The number of rotatable bonds is 3. The molecule has 0 saturated heterocycles. The summed E-state index contributed by atoms with van der Waals surface area (Å²) in [5, 5.41) is 10.5. The van der Waals surface area contributed by atoms with Crippen molar-refractivity contribution in [3.05, 3.63) is 52.7 Å². The molecule has 0 radical (unpaired) electrons. The number of aromatic nitrogens is 1. The van der Waals surface area contributed by atoms with Crippen molar-refractivity contribution in [3.8, 4) is 17.0 Å². The summed E-state index contributed by atoms with van der Waals surface area (Å²) in [7, 11) is 1.55. The van der Waals surface area contributed by atoms with Gasteiger partial charge in [-0.15, -0.1) is 0 Å². The molecule has 17 heavy (non-hydrogen) atoms. The van der Waals surface area contributed by atoms with E-state index in [0.717, 1.165) is 11.1 Å². The van der Waals surface area contributed by atoms with E-state index in [9.17, 15) is 10.1 Å². The number of methoxy groups -OCH3 is 1. The SMILES string of the molecule is COc1ccc(-c2ccc([N+](=O)[O-])cc2)cn1. The average Bonchev–Trinajstić information content (AvgIpc) is 2.39. The van der Waals surface area contributed by atoms with Gasteiger partial charge in [-0.05, 0) is 23.8 Å². The quantitative estimate of drug-likeness (QED) is 0.600. The first kappa shape index (κ1) is 11.1. The van der Waals surface area contributed by atoms with Crippen molar-refractivity contribution in [2.75, 3.05) is 7.11 Å². The Kier molecular flexibility index (Phi) is 3.00. The number of non-ortho nitro benzene ring substituents is 1. The van der Waals surface area contributed by atoms with Gasteiger partial charge in [0, 0.05) is 30.0 Å². The minimum absolute atomic E-state index is 0.0789. The molecule has 86 valence electrons. The topological polar surface area (TPSA) is 65.3 Å². The van der Waals surface area contributed by atoms with Crippen molar-refractivity contribution in [2.45, 2.75) is 0 Å². The van der Waals surface area contributed by atoms with Crippen LogP contribution in [0.1, 0.15) is 0 Å². The fraction of sp³-hybridized carbons (Fsp3) is 0.0833. The van der Waals surface area contributed by atoms with Crippen LogP contribution in [0.2, 0.25) is 0 Å². The molecule has 0 amide bonds. The van der Waals surface area contributed by atoms with Crippen LogP contribution < -0.4 is 4.74 Å². The van der Waals surface area contributed by atoms with Crippen LogP contribution in [-0.2, 0) is 0 Å². The fourth-order valence-electron chi connectivity index (χ4n) is 1.45. The average molecular weight is 230 g/mol. The summed E-state index contributed by atoms with van der Waals surface area (Å²) in [6.07, 6.45) is 1.67. The van der Waals surface area contributed by atoms with E-state index in [0.29, 0.717) is 5.88 Å². The van der Waals surface area contributed by atoms with E-state index in [1.165, 1.54) is 12.1 Å². The molecular formula is C12H10N2O3. The van der Waals surface area contributed by atoms with Crippen LogP contribution in [0.3, 0.4) is 0 Å². The number of nitro benzene ring substituents is 1. The highest BCUT2D eigenvalue weighted by Crippen LogP contribution is 2.22. The third-order valence-electron chi connectivity index (χ3n) is 2.36. The molecule has 0 saturated carbocycles. The lowest BCUT2D eigenvalue weighted by Crippen LogP contribution is -1.89. The number of nitro groups is 1. The van der Waals surface area contributed by atoms with E-state index >= 15 is 0 Å². The predicted octanol–water partition coefficient (Wildman–Crippen LogP) is 2.67. The molecule has 1 aromatic carbocycles. The Hall–Kier alpha value is -2.43. The van der Waals surface area contributed by atoms with E-state index in [1.54, 1.807) is 31.5 Å². The number of pyridine rings is 1. The van der Waals surface area contributed by atoms with Crippen LogP contribution in [0.4, 0.5) is 5.69 Å². The monoisotopic (exact) mass is 230 g/mol. The van der Waals surface area contributed by atoms with E-state index in [2.05, 4.69) is 4.98 Å². The van der Waals surface area contributed by atoms with Gasteiger partial charge in [0.05, 0.1) is 12.0 Å². The molecular weight excluding hydrogens is 220 g/mol.